The Morgan fingerprint density at radius 3 is 2.68 bits per heavy atom. The first-order chi connectivity index (χ1) is 9.17. The molecule has 0 amide bonds. The fraction of sp³-hybridized carbons (Fsp3) is 0.625. The third-order valence-electron chi connectivity index (χ3n) is 4.38. The van der Waals surface area contributed by atoms with E-state index in [2.05, 4.69) is 52.4 Å². The predicted molar refractivity (Wildman–Crippen MR) is 86.4 cm³/mol. The summed E-state index contributed by atoms with van der Waals surface area (Å²) in [6.45, 7) is 3.00. The lowest BCUT2D eigenvalue weighted by Crippen LogP contribution is -2.48. The molecule has 1 aromatic carbocycles. The van der Waals surface area contributed by atoms with Crippen LogP contribution in [0.25, 0.3) is 0 Å². The average molecular weight is 325 g/mol. The Hall–Kier alpha value is -0.540. The van der Waals surface area contributed by atoms with E-state index in [1.807, 2.05) is 0 Å². The van der Waals surface area contributed by atoms with Crippen molar-refractivity contribution in [3.05, 3.63) is 28.7 Å². The van der Waals surface area contributed by atoms with Crippen LogP contribution in [0, 0.1) is 5.92 Å². The van der Waals surface area contributed by atoms with E-state index in [0.717, 1.165) is 16.9 Å². The van der Waals surface area contributed by atoms with Gasteiger partial charge >= 0.3 is 0 Å². The zero-order valence-corrected chi connectivity index (χ0v) is 13.4. The van der Waals surface area contributed by atoms with Crippen molar-refractivity contribution in [1.82, 2.24) is 0 Å². The van der Waals surface area contributed by atoms with Gasteiger partial charge in [-0.2, -0.15) is 0 Å². The number of hydrogen-bond acceptors (Lipinski definition) is 2. The Morgan fingerprint density at radius 1 is 1.37 bits per heavy atom. The van der Waals surface area contributed by atoms with Crippen molar-refractivity contribution < 1.29 is 0 Å². The maximum Gasteiger partial charge on any atom is 0.0495 e. The average Bonchev–Trinajstić information content (AvgIpc) is 2.42. The number of nitrogens with two attached hydrogens (primary N) is 1. The number of nitrogens with one attached hydrogen (secondary N) is 1. The van der Waals surface area contributed by atoms with E-state index >= 15 is 0 Å². The molecule has 0 saturated heterocycles. The molecule has 3 N–H and O–H groups in total. The number of benzene rings is 1. The van der Waals surface area contributed by atoms with Crippen LogP contribution in [0.3, 0.4) is 0 Å². The molecule has 0 spiro atoms. The minimum Gasteiger partial charge on any atom is -0.378 e. The van der Waals surface area contributed by atoms with E-state index in [-0.39, 0.29) is 5.54 Å². The Balaban J connectivity index is 2.00. The molecule has 0 aliphatic heterocycles. The molecule has 2 rings (SSSR count). The molecule has 0 heterocycles. The van der Waals surface area contributed by atoms with E-state index < -0.39 is 0 Å². The zero-order chi connectivity index (χ0) is 13.7. The molecule has 106 valence electrons. The molecular formula is C16H25BrN2. The molecule has 0 unspecified atom stereocenters. The quantitative estimate of drug-likeness (QED) is 0.833. The van der Waals surface area contributed by atoms with Gasteiger partial charge in [0.05, 0.1) is 0 Å². The SMILES string of the molecule is CCCC1CCC(CN)(Nc2cccc(Br)c2)CC1. The number of anilines is 1. The van der Waals surface area contributed by atoms with Crippen LogP contribution in [-0.4, -0.2) is 12.1 Å². The number of hydrogen-bond donors (Lipinski definition) is 2. The Bertz CT molecular complexity index is 397. The fourth-order valence-corrected chi connectivity index (χ4v) is 3.58. The first kappa shape index (κ1) is 14.9. The van der Waals surface area contributed by atoms with Gasteiger partial charge in [-0.1, -0.05) is 41.8 Å². The highest BCUT2D eigenvalue weighted by Crippen LogP contribution is 2.36. The van der Waals surface area contributed by atoms with Crippen LogP contribution in [-0.2, 0) is 0 Å². The normalized spacial score (nSPS) is 27.2. The highest BCUT2D eigenvalue weighted by molar-refractivity contribution is 9.10. The molecule has 3 heteroatoms. The molecule has 0 atom stereocenters. The van der Waals surface area contributed by atoms with Gasteiger partial charge in [-0.3, -0.25) is 0 Å². The van der Waals surface area contributed by atoms with E-state index in [1.165, 1.54) is 44.2 Å². The summed E-state index contributed by atoms with van der Waals surface area (Å²) in [6, 6.07) is 8.38. The fourth-order valence-electron chi connectivity index (χ4n) is 3.18. The van der Waals surface area contributed by atoms with Gasteiger partial charge in [-0.25, -0.2) is 0 Å². The monoisotopic (exact) mass is 324 g/mol. The van der Waals surface area contributed by atoms with Gasteiger partial charge in [-0.05, 0) is 49.8 Å². The van der Waals surface area contributed by atoms with Gasteiger partial charge in [0.15, 0.2) is 0 Å². The van der Waals surface area contributed by atoms with E-state index in [1.54, 1.807) is 0 Å². The lowest BCUT2D eigenvalue weighted by Gasteiger charge is -2.41. The molecule has 1 saturated carbocycles. The molecule has 1 aliphatic rings. The minimum absolute atomic E-state index is 0.102. The van der Waals surface area contributed by atoms with Crippen LogP contribution in [0.5, 0.6) is 0 Å². The molecule has 0 radical (unpaired) electrons. The number of rotatable bonds is 5. The zero-order valence-electron chi connectivity index (χ0n) is 11.8. The topological polar surface area (TPSA) is 38.0 Å². The summed E-state index contributed by atoms with van der Waals surface area (Å²) >= 11 is 3.53. The first-order valence-electron chi connectivity index (χ1n) is 7.41. The Labute approximate surface area is 125 Å². The van der Waals surface area contributed by atoms with Gasteiger partial charge < -0.3 is 11.1 Å². The summed E-state index contributed by atoms with van der Waals surface area (Å²) in [4.78, 5) is 0. The van der Waals surface area contributed by atoms with Crippen molar-refractivity contribution in [2.24, 2.45) is 11.7 Å². The molecule has 1 fully saturated rings. The summed E-state index contributed by atoms with van der Waals surface area (Å²) in [5, 5.41) is 3.69. The Morgan fingerprint density at radius 2 is 2.11 bits per heavy atom. The minimum atomic E-state index is 0.102. The van der Waals surface area contributed by atoms with Gasteiger partial charge in [0.1, 0.15) is 0 Å². The number of halogens is 1. The van der Waals surface area contributed by atoms with Crippen molar-refractivity contribution in [3.8, 4) is 0 Å². The van der Waals surface area contributed by atoms with Crippen LogP contribution in [0.15, 0.2) is 28.7 Å². The Kier molecular flexibility index (Phi) is 5.28. The van der Waals surface area contributed by atoms with Crippen molar-refractivity contribution in [2.75, 3.05) is 11.9 Å². The third kappa shape index (κ3) is 3.96. The van der Waals surface area contributed by atoms with Gasteiger partial charge in [-0.15, -0.1) is 0 Å². The smallest absolute Gasteiger partial charge is 0.0495 e. The van der Waals surface area contributed by atoms with Crippen molar-refractivity contribution in [1.29, 1.82) is 0 Å². The summed E-state index contributed by atoms with van der Waals surface area (Å²) in [7, 11) is 0. The van der Waals surface area contributed by atoms with Crippen LogP contribution in [0.1, 0.15) is 45.4 Å². The van der Waals surface area contributed by atoms with Crippen molar-refractivity contribution in [2.45, 2.75) is 51.0 Å². The van der Waals surface area contributed by atoms with E-state index in [9.17, 15) is 0 Å². The van der Waals surface area contributed by atoms with Crippen LogP contribution in [0.4, 0.5) is 5.69 Å². The van der Waals surface area contributed by atoms with Crippen LogP contribution < -0.4 is 11.1 Å². The lowest BCUT2D eigenvalue weighted by atomic mass is 9.75. The van der Waals surface area contributed by atoms with Gasteiger partial charge in [0, 0.05) is 22.2 Å². The molecule has 19 heavy (non-hydrogen) atoms. The molecule has 0 bridgehead atoms. The maximum atomic E-state index is 6.07. The summed E-state index contributed by atoms with van der Waals surface area (Å²) < 4.78 is 1.12. The second kappa shape index (κ2) is 6.76. The van der Waals surface area contributed by atoms with Crippen LogP contribution in [0.2, 0.25) is 0 Å². The molecule has 0 aromatic heterocycles. The third-order valence-corrected chi connectivity index (χ3v) is 4.88. The van der Waals surface area contributed by atoms with E-state index in [0.29, 0.717) is 0 Å². The van der Waals surface area contributed by atoms with Crippen molar-refractivity contribution >= 4 is 21.6 Å². The largest absolute Gasteiger partial charge is 0.378 e. The highest BCUT2D eigenvalue weighted by atomic mass is 79.9. The lowest BCUT2D eigenvalue weighted by molar-refractivity contribution is 0.247. The van der Waals surface area contributed by atoms with Crippen LogP contribution >= 0.6 is 15.9 Å². The first-order valence-corrected chi connectivity index (χ1v) is 8.20. The van der Waals surface area contributed by atoms with Crippen molar-refractivity contribution in [3.63, 3.8) is 0 Å². The summed E-state index contributed by atoms with van der Waals surface area (Å²) in [5.74, 6) is 0.911. The predicted octanol–water partition coefficient (Wildman–Crippen LogP) is 4.55. The second-order valence-electron chi connectivity index (χ2n) is 5.85. The second-order valence-corrected chi connectivity index (χ2v) is 6.77. The maximum absolute atomic E-state index is 6.07. The summed E-state index contributed by atoms with van der Waals surface area (Å²) in [6.07, 6.45) is 7.69. The highest BCUT2D eigenvalue weighted by Gasteiger charge is 2.33. The molecule has 2 nitrogen and oxygen atoms in total. The summed E-state index contributed by atoms with van der Waals surface area (Å²) in [5.41, 5.74) is 7.35. The van der Waals surface area contributed by atoms with Gasteiger partial charge in [0.25, 0.3) is 0 Å². The molecule has 1 aromatic rings. The van der Waals surface area contributed by atoms with Gasteiger partial charge in [0.2, 0.25) is 0 Å². The molecule has 1 aliphatic carbocycles. The van der Waals surface area contributed by atoms with E-state index in [4.69, 9.17) is 5.73 Å². The standard InChI is InChI=1S/C16H25BrN2/c1-2-4-13-7-9-16(12-18,10-8-13)19-15-6-3-5-14(17)11-15/h3,5-6,11,13,19H,2,4,7-10,12,18H2,1H3. The molecular weight excluding hydrogens is 300 g/mol.